The molecule has 2 aromatic carbocycles. The molecule has 0 aliphatic carbocycles. The second-order valence-corrected chi connectivity index (χ2v) is 7.95. The molecule has 1 amide bonds. The number of aromatic nitrogens is 2. The van der Waals surface area contributed by atoms with E-state index in [1.54, 1.807) is 6.20 Å². The van der Waals surface area contributed by atoms with Crippen molar-refractivity contribution in [2.45, 2.75) is 32.7 Å². The molecule has 2 N–H and O–H groups in total. The maximum atomic E-state index is 12.6. The fraction of sp³-hybridized carbons (Fsp3) is 0.227. The molecule has 0 radical (unpaired) electrons. The van der Waals surface area contributed by atoms with Gasteiger partial charge in [0, 0.05) is 17.3 Å². The zero-order chi connectivity index (χ0) is 20.1. The number of anilines is 2. The monoisotopic (exact) mass is 394 g/mol. The largest absolute Gasteiger partial charge is 0.365 e. The molecular formula is C22H23ClN4O. The Bertz CT molecular complexity index is 948. The van der Waals surface area contributed by atoms with E-state index in [0.717, 1.165) is 16.8 Å². The lowest BCUT2D eigenvalue weighted by Crippen LogP contribution is -2.19. The SMILES string of the molecule is CC(C)(C)c1ccccc1NC(=O)c1cnc(NCc2ccc(Cl)cc2)cn1. The van der Waals surface area contributed by atoms with Crippen molar-refractivity contribution in [3.63, 3.8) is 0 Å². The summed E-state index contributed by atoms with van der Waals surface area (Å²) >= 11 is 5.89. The number of halogens is 1. The molecule has 0 fully saturated rings. The average molecular weight is 395 g/mol. The Morgan fingerprint density at radius 2 is 1.71 bits per heavy atom. The Hall–Kier alpha value is -2.92. The molecule has 144 valence electrons. The van der Waals surface area contributed by atoms with Gasteiger partial charge in [-0.1, -0.05) is 62.7 Å². The van der Waals surface area contributed by atoms with Gasteiger partial charge in [0.2, 0.25) is 0 Å². The topological polar surface area (TPSA) is 66.9 Å². The predicted octanol–water partition coefficient (Wildman–Crippen LogP) is 5.29. The zero-order valence-electron chi connectivity index (χ0n) is 16.2. The summed E-state index contributed by atoms with van der Waals surface area (Å²) in [5, 5.41) is 6.82. The van der Waals surface area contributed by atoms with Crippen LogP contribution in [0.1, 0.15) is 42.4 Å². The third-order valence-electron chi connectivity index (χ3n) is 4.25. The molecule has 5 nitrogen and oxygen atoms in total. The van der Waals surface area contributed by atoms with Crippen LogP contribution >= 0.6 is 11.6 Å². The van der Waals surface area contributed by atoms with Crippen LogP contribution in [-0.2, 0) is 12.0 Å². The van der Waals surface area contributed by atoms with Crippen molar-refractivity contribution in [3.05, 3.63) is 82.8 Å². The number of nitrogens with one attached hydrogen (secondary N) is 2. The highest BCUT2D eigenvalue weighted by atomic mass is 35.5. The fourth-order valence-corrected chi connectivity index (χ4v) is 2.89. The van der Waals surface area contributed by atoms with E-state index < -0.39 is 0 Å². The molecule has 1 heterocycles. The van der Waals surface area contributed by atoms with E-state index in [-0.39, 0.29) is 17.0 Å². The first kappa shape index (κ1) is 19.8. The van der Waals surface area contributed by atoms with Crippen LogP contribution in [0.4, 0.5) is 11.5 Å². The number of hydrogen-bond donors (Lipinski definition) is 2. The first-order chi connectivity index (χ1) is 13.3. The summed E-state index contributed by atoms with van der Waals surface area (Å²) in [4.78, 5) is 21.1. The second kappa shape index (κ2) is 8.40. The van der Waals surface area contributed by atoms with Gasteiger partial charge in [0.05, 0.1) is 12.4 Å². The van der Waals surface area contributed by atoms with Gasteiger partial charge in [-0.2, -0.15) is 0 Å². The van der Waals surface area contributed by atoms with Crippen LogP contribution in [0.2, 0.25) is 5.02 Å². The first-order valence-corrected chi connectivity index (χ1v) is 9.42. The Labute approximate surface area is 170 Å². The van der Waals surface area contributed by atoms with Crippen molar-refractivity contribution in [2.24, 2.45) is 0 Å². The fourth-order valence-electron chi connectivity index (χ4n) is 2.76. The number of amides is 1. The Balaban J connectivity index is 1.65. The maximum absolute atomic E-state index is 12.6. The maximum Gasteiger partial charge on any atom is 0.275 e. The smallest absolute Gasteiger partial charge is 0.275 e. The highest BCUT2D eigenvalue weighted by Crippen LogP contribution is 2.29. The predicted molar refractivity (Wildman–Crippen MR) is 114 cm³/mol. The van der Waals surface area contributed by atoms with Crippen molar-refractivity contribution >= 4 is 29.0 Å². The molecule has 0 unspecified atom stereocenters. The van der Waals surface area contributed by atoms with E-state index in [9.17, 15) is 4.79 Å². The van der Waals surface area contributed by atoms with Crippen LogP contribution in [0.15, 0.2) is 60.9 Å². The number of hydrogen-bond acceptors (Lipinski definition) is 4. The van der Waals surface area contributed by atoms with Crippen molar-refractivity contribution in [2.75, 3.05) is 10.6 Å². The van der Waals surface area contributed by atoms with Crippen molar-refractivity contribution in [1.82, 2.24) is 9.97 Å². The summed E-state index contributed by atoms with van der Waals surface area (Å²) < 4.78 is 0. The summed E-state index contributed by atoms with van der Waals surface area (Å²) in [5.74, 6) is 0.315. The van der Waals surface area contributed by atoms with Gasteiger partial charge in [-0.3, -0.25) is 4.79 Å². The minimum atomic E-state index is -0.284. The van der Waals surface area contributed by atoms with Gasteiger partial charge >= 0.3 is 0 Å². The number of rotatable bonds is 5. The van der Waals surface area contributed by atoms with E-state index in [1.165, 1.54) is 6.20 Å². The number of nitrogens with zero attached hydrogens (tertiary/aromatic N) is 2. The average Bonchev–Trinajstić information content (AvgIpc) is 2.67. The van der Waals surface area contributed by atoms with Crippen LogP contribution in [0.5, 0.6) is 0 Å². The van der Waals surface area contributed by atoms with Crippen LogP contribution in [0, 0.1) is 0 Å². The molecule has 0 spiro atoms. The normalized spacial score (nSPS) is 11.1. The lowest BCUT2D eigenvalue weighted by molar-refractivity contribution is 0.102. The molecule has 6 heteroatoms. The van der Waals surface area contributed by atoms with Gasteiger partial charge < -0.3 is 10.6 Å². The van der Waals surface area contributed by atoms with Crippen molar-refractivity contribution < 1.29 is 4.79 Å². The highest BCUT2D eigenvalue weighted by molar-refractivity contribution is 6.30. The number of para-hydroxylation sites is 1. The molecule has 3 rings (SSSR count). The third kappa shape index (κ3) is 5.08. The third-order valence-corrected chi connectivity index (χ3v) is 4.51. The summed E-state index contributed by atoms with van der Waals surface area (Å²) in [6, 6.07) is 15.4. The lowest BCUT2D eigenvalue weighted by Gasteiger charge is -2.22. The van der Waals surface area contributed by atoms with Gasteiger partial charge in [-0.15, -0.1) is 0 Å². The van der Waals surface area contributed by atoms with Gasteiger partial charge in [-0.25, -0.2) is 9.97 Å². The zero-order valence-corrected chi connectivity index (χ0v) is 16.9. The van der Waals surface area contributed by atoms with E-state index in [4.69, 9.17) is 11.6 Å². The minimum Gasteiger partial charge on any atom is -0.365 e. The molecule has 0 saturated carbocycles. The molecule has 0 saturated heterocycles. The van der Waals surface area contributed by atoms with Crippen LogP contribution in [0.25, 0.3) is 0 Å². The molecule has 1 aromatic heterocycles. The van der Waals surface area contributed by atoms with Crippen LogP contribution in [0.3, 0.4) is 0 Å². The highest BCUT2D eigenvalue weighted by Gasteiger charge is 2.19. The second-order valence-electron chi connectivity index (χ2n) is 7.52. The van der Waals surface area contributed by atoms with E-state index in [1.807, 2.05) is 48.5 Å². The molecule has 0 bridgehead atoms. The van der Waals surface area contributed by atoms with Crippen LogP contribution < -0.4 is 10.6 Å². The molecular weight excluding hydrogens is 372 g/mol. The van der Waals surface area contributed by atoms with Gasteiger partial charge in [-0.05, 0) is 34.7 Å². The van der Waals surface area contributed by atoms with E-state index in [0.29, 0.717) is 17.4 Å². The Kier molecular flexibility index (Phi) is 5.95. The van der Waals surface area contributed by atoms with E-state index in [2.05, 4.69) is 41.4 Å². The molecule has 0 aliphatic heterocycles. The van der Waals surface area contributed by atoms with Crippen molar-refractivity contribution in [1.29, 1.82) is 0 Å². The first-order valence-electron chi connectivity index (χ1n) is 9.04. The standard InChI is InChI=1S/C22H23ClN4O/c1-22(2,3)17-6-4-5-7-18(17)27-21(28)19-13-26-20(14-24-19)25-12-15-8-10-16(23)11-9-15/h4-11,13-14H,12H2,1-3H3,(H,25,26)(H,27,28). The molecule has 0 aliphatic rings. The van der Waals surface area contributed by atoms with Gasteiger partial charge in [0.1, 0.15) is 11.5 Å². The summed E-state index contributed by atoms with van der Waals surface area (Å²) in [6.07, 6.45) is 3.03. The molecule has 0 atom stereocenters. The number of benzene rings is 2. The summed E-state index contributed by atoms with van der Waals surface area (Å²) in [6.45, 7) is 6.92. The quantitative estimate of drug-likeness (QED) is 0.616. The summed E-state index contributed by atoms with van der Waals surface area (Å²) in [7, 11) is 0. The Morgan fingerprint density at radius 3 is 2.36 bits per heavy atom. The van der Waals surface area contributed by atoms with Gasteiger partial charge in [0.25, 0.3) is 5.91 Å². The number of carbonyl (C=O) groups is 1. The van der Waals surface area contributed by atoms with Crippen LogP contribution in [-0.4, -0.2) is 15.9 Å². The Morgan fingerprint density at radius 1 is 1.00 bits per heavy atom. The van der Waals surface area contributed by atoms with Crippen molar-refractivity contribution in [3.8, 4) is 0 Å². The number of carbonyl (C=O) groups excluding carboxylic acids is 1. The van der Waals surface area contributed by atoms with Gasteiger partial charge in [0.15, 0.2) is 0 Å². The lowest BCUT2D eigenvalue weighted by atomic mass is 9.86. The minimum absolute atomic E-state index is 0.0784. The molecule has 28 heavy (non-hydrogen) atoms. The van der Waals surface area contributed by atoms with E-state index >= 15 is 0 Å². The molecule has 3 aromatic rings. The summed E-state index contributed by atoms with van der Waals surface area (Å²) in [5.41, 5.74) is 3.11.